The van der Waals surface area contributed by atoms with Gasteiger partial charge in [-0.3, -0.25) is 0 Å². The van der Waals surface area contributed by atoms with Gasteiger partial charge in [0, 0.05) is 25.8 Å². The summed E-state index contributed by atoms with van der Waals surface area (Å²) < 4.78 is 39.7. The molecule has 78 valence electrons. The first-order chi connectivity index (χ1) is 6.61. The molecule has 14 heavy (non-hydrogen) atoms. The lowest BCUT2D eigenvalue weighted by Crippen LogP contribution is -2.28. The second kappa shape index (κ2) is 4.86. The quantitative estimate of drug-likeness (QED) is 0.633. The molecule has 0 saturated carbocycles. The predicted molar refractivity (Wildman–Crippen MR) is 46.3 cm³/mol. The molecule has 2 radical (unpaired) electrons. The summed E-state index contributed by atoms with van der Waals surface area (Å²) in [6.07, 6.45) is -3.24. The van der Waals surface area contributed by atoms with Crippen LogP contribution >= 0.6 is 0 Å². The van der Waals surface area contributed by atoms with Gasteiger partial charge in [-0.1, -0.05) is 0 Å². The van der Waals surface area contributed by atoms with E-state index in [0.29, 0.717) is 0 Å². The van der Waals surface area contributed by atoms with Crippen LogP contribution in [0.4, 0.5) is 8.78 Å². The number of halogens is 2. The third-order valence-corrected chi connectivity index (χ3v) is 2.08. The Balaban J connectivity index is 2.83. The van der Waals surface area contributed by atoms with Crippen molar-refractivity contribution in [3.63, 3.8) is 0 Å². The molecule has 0 aromatic heterocycles. The Morgan fingerprint density at radius 2 is 2.14 bits per heavy atom. The SMILES string of the molecule is [B][C@@H]1O[C@H](COC)[C@@H](OC)C1=C(F)F. The topological polar surface area (TPSA) is 27.7 Å². The average Bonchev–Trinajstić information content (AvgIpc) is 2.42. The van der Waals surface area contributed by atoms with Crippen LogP contribution in [-0.2, 0) is 14.2 Å². The van der Waals surface area contributed by atoms with E-state index in [9.17, 15) is 8.78 Å². The molecule has 1 heterocycles. The van der Waals surface area contributed by atoms with Gasteiger partial charge in [-0.25, -0.2) is 0 Å². The monoisotopic (exact) mass is 204 g/mol. The molecule has 0 aromatic rings. The third-order valence-electron chi connectivity index (χ3n) is 2.08. The molecule has 1 aliphatic heterocycles. The van der Waals surface area contributed by atoms with Crippen LogP contribution in [0.5, 0.6) is 0 Å². The van der Waals surface area contributed by atoms with Crippen LogP contribution < -0.4 is 0 Å². The molecule has 3 nitrogen and oxygen atoms in total. The molecule has 1 rings (SSSR count). The summed E-state index contributed by atoms with van der Waals surface area (Å²) in [7, 11) is 8.16. The van der Waals surface area contributed by atoms with Crippen molar-refractivity contribution in [1.82, 2.24) is 0 Å². The number of ether oxygens (including phenoxy) is 3. The number of rotatable bonds is 3. The first-order valence-electron chi connectivity index (χ1n) is 4.09. The maximum atomic E-state index is 12.4. The highest BCUT2D eigenvalue weighted by Crippen LogP contribution is 2.30. The molecule has 3 atom stereocenters. The van der Waals surface area contributed by atoms with Gasteiger partial charge in [0.1, 0.15) is 20.1 Å². The summed E-state index contributed by atoms with van der Waals surface area (Å²) in [5.41, 5.74) is -0.297. The van der Waals surface area contributed by atoms with E-state index in [-0.39, 0.29) is 12.2 Å². The highest BCUT2D eigenvalue weighted by Gasteiger charge is 2.40. The highest BCUT2D eigenvalue weighted by molar-refractivity contribution is 6.13. The van der Waals surface area contributed by atoms with E-state index in [0.717, 1.165) is 0 Å². The molecule has 1 fully saturated rings. The average molecular weight is 204 g/mol. The van der Waals surface area contributed by atoms with Gasteiger partial charge >= 0.3 is 0 Å². The molecule has 0 amide bonds. The van der Waals surface area contributed by atoms with Gasteiger partial charge in [0.2, 0.25) is 0 Å². The minimum atomic E-state index is -1.84. The van der Waals surface area contributed by atoms with Crippen LogP contribution in [0.2, 0.25) is 0 Å². The van der Waals surface area contributed by atoms with E-state index in [1.165, 1.54) is 14.2 Å². The minimum Gasteiger partial charge on any atom is -0.382 e. The molecule has 0 N–H and O–H groups in total. The highest BCUT2D eigenvalue weighted by atomic mass is 19.3. The first kappa shape index (κ1) is 11.6. The fourth-order valence-electron chi connectivity index (χ4n) is 1.48. The number of hydrogen-bond acceptors (Lipinski definition) is 3. The van der Waals surface area contributed by atoms with Crippen molar-refractivity contribution < 1.29 is 23.0 Å². The van der Waals surface area contributed by atoms with Crippen molar-refractivity contribution in [2.75, 3.05) is 20.8 Å². The van der Waals surface area contributed by atoms with Crippen LogP contribution in [0, 0.1) is 0 Å². The zero-order valence-corrected chi connectivity index (χ0v) is 8.00. The molecular formula is C8H11BF2O3. The van der Waals surface area contributed by atoms with E-state index in [2.05, 4.69) is 0 Å². The lowest BCUT2D eigenvalue weighted by atomic mass is 9.91. The maximum absolute atomic E-state index is 12.4. The smallest absolute Gasteiger partial charge is 0.273 e. The van der Waals surface area contributed by atoms with Crippen LogP contribution in [0.25, 0.3) is 0 Å². The molecule has 0 bridgehead atoms. The summed E-state index contributed by atoms with van der Waals surface area (Å²) in [6, 6.07) is -1.11. The Kier molecular flexibility index (Phi) is 4.03. The maximum Gasteiger partial charge on any atom is 0.273 e. The van der Waals surface area contributed by atoms with Crippen molar-refractivity contribution in [2.45, 2.75) is 18.2 Å². The van der Waals surface area contributed by atoms with E-state index in [4.69, 9.17) is 22.1 Å². The summed E-state index contributed by atoms with van der Waals surface area (Å²) >= 11 is 0. The van der Waals surface area contributed by atoms with Gasteiger partial charge in [0.25, 0.3) is 6.08 Å². The molecule has 1 saturated heterocycles. The Morgan fingerprint density at radius 3 is 2.57 bits per heavy atom. The fraction of sp³-hybridized carbons (Fsp3) is 0.750. The van der Waals surface area contributed by atoms with Gasteiger partial charge in [-0.2, -0.15) is 8.78 Å². The van der Waals surface area contributed by atoms with E-state index in [1.54, 1.807) is 0 Å². The lowest BCUT2D eigenvalue weighted by Gasteiger charge is -2.15. The zero-order chi connectivity index (χ0) is 10.7. The van der Waals surface area contributed by atoms with Crippen molar-refractivity contribution in [3.8, 4) is 0 Å². The van der Waals surface area contributed by atoms with Crippen molar-refractivity contribution >= 4 is 7.85 Å². The second-order valence-electron chi connectivity index (χ2n) is 2.92. The van der Waals surface area contributed by atoms with E-state index < -0.39 is 24.3 Å². The minimum absolute atomic E-state index is 0.170. The molecular weight excluding hydrogens is 193 g/mol. The van der Waals surface area contributed by atoms with Gasteiger partial charge in [0.05, 0.1) is 6.61 Å². The van der Waals surface area contributed by atoms with E-state index >= 15 is 0 Å². The van der Waals surface area contributed by atoms with Gasteiger partial charge in [0.15, 0.2) is 0 Å². The normalized spacial score (nSPS) is 32.3. The first-order valence-corrected chi connectivity index (χ1v) is 4.09. The van der Waals surface area contributed by atoms with Gasteiger partial charge in [-0.05, 0) is 0 Å². The van der Waals surface area contributed by atoms with E-state index in [1.807, 2.05) is 0 Å². The molecule has 0 aromatic carbocycles. The molecule has 6 heteroatoms. The van der Waals surface area contributed by atoms with Crippen LogP contribution in [0.3, 0.4) is 0 Å². The van der Waals surface area contributed by atoms with Gasteiger partial charge in [-0.15, -0.1) is 0 Å². The standard InChI is InChI=1S/C8H11BF2O3/c1-12-3-4-6(13-2)5(8(10)11)7(9)14-4/h4,6-7H,3H2,1-2H3/t4-,6-,7-/m1/s1. The Bertz CT molecular complexity index is 231. The fourth-order valence-corrected chi connectivity index (χ4v) is 1.48. The predicted octanol–water partition coefficient (Wildman–Crippen LogP) is 0.692. The van der Waals surface area contributed by atoms with Crippen LogP contribution in [0.15, 0.2) is 11.7 Å². The Labute approximate surface area is 82.4 Å². The Morgan fingerprint density at radius 1 is 1.50 bits per heavy atom. The molecule has 1 aliphatic rings. The number of methoxy groups -OCH3 is 2. The lowest BCUT2D eigenvalue weighted by molar-refractivity contribution is -0.0302. The Hall–Kier alpha value is -0.455. The van der Waals surface area contributed by atoms with Crippen molar-refractivity contribution in [1.29, 1.82) is 0 Å². The largest absolute Gasteiger partial charge is 0.382 e. The number of hydrogen-bond donors (Lipinski definition) is 0. The summed E-state index contributed by atoms with van der Waals surface area (Å²) in [5, 5.41) is 0. The summed E-state index contributed by atoms with van der Waals surface area (Å²) in [6.45, 7) is 0.170. The third kappa shape index (κ3) is 2.13. The summed E-state index contributed by atoms with van der Waals surface area (Å²) in [5.74, 6) is 0. The van der Waals surface area contributed by atoms with Crippen LogP contribution in [-0.4, -0.2) is 46.9 Å². The zero-order valence-electron chi connectivity index (χ0n) is 8.00. The summed E-state index contributed by atoms with van der Waals surface area (Å²) in [4.78, 5) is 0. The second-order valence-corrected chi connectivity index (χ2v) is 2.92. The van der Waals surface area contributed by atoms with Crippen LogP contribution in [0.1, 0.15) is 0 Å². The molecule has 0 aliphatic carbocycles. The van der Waals surface area contributed by atoms with Crippen molar-refractivity contribution in [2.24, 2.45) is 0 Å². The molecule has 0 unspecified atom stereocenters. The van der Waals surface area contributed by atoms with Gasteiger partial charge < -0.3 is 14.2 Å². The van der Waals surface area contributed by atoms with Crippen molar-refractivity contribution in [3.05, 3.63) is 11.7 Å². The molecule has 0 spiro atoms.